The molecule has 88 valence electrons. The van der Waals surface area contributed by atoms with Gasteiger partial charge in [-0.1, -0.05) is 19.8 Å². The molecule has 3 atom stereocenters. The highest BCUT2D eigenvalue weighted by Crippen LogP contribution is 2.24. The highest BCUT2D eigenvalue weighted by Gasteiger charge is 2.22. The Hall–Kier alpha value is -0.0800. The van der Waals surface area contributed by atoms with Crippen LogP contribution in [0.25, 0.3) is 0 Å². The molecule has 1 N–H and O–H groups in total. The first-order chi connectivity index (χ1) is 7.36. The minimum absolute atomic E-state index is 0.493. The molecule has 0 amide bonds. The summed E-state index contributed by atoms with van der Waals surface area (Å²) in [5, 5.41) is 3.72. The Morgan fingerprint density at radius 2 is 1.87 bits per heavy atom. The van der Waals surface area contributed by atoms with E-state index in [0.717, 1.165) is 25.1 Å². The summed E-state index contributed by atoms with van der Waals surface area (Å²) in [6.07, 6.45) is 9.98. The maximum absolute atomic E-state index is 5.74. The van der Waals surface area contributed by atoms with Gasteiger partial charge in [0.05, 0.1) is 6.10 Å². The molecular weight excluding hydrogens is 186 g/mol. The van der Waals surface area contributed by atoms with Crippen molar-refractivity contribution in [3.05, 3.63) is 0 Å². The van der Waals surface area contributed by atoms with E-state index in [4.69, 9.17) is 4.74 Å². The summed E-state index contributed by atoms with van der Waals surface area (Å²) in [6, 6.07) is 0.754. The third-order valence-corrected chi connectivity index (χ3v) is 3.99. The van der Waals surface area contributed by atoms with Crippen LogP contribution in [0.2, 0.25) is 0 Å². The van der Waals surface area contributed by atoms with Crippen molar-refractivity contribution in [2.45, 2.75) is 64.0 Å². The van der Waals surface area contributed by atoms with Crippen LogP contribution in [0.5, 0.6) is 0 Å². The predicted molar refractivity (Wildman–Crippen MR) is 63.0 cm³/mol. The number of nitrogens with one attached hydrogen (secondary N) is 1. The zero-order valence-electron chi connectivity index (χ0n) is 10.0. The molecule has 2 fully saturated rings. The topological polar surface area (TPSA) is 21.3 Å². The average molecular weight is 211 g/mol. The molecule has 2 rings (SSSR count). The number of ether oxygens (including phenoxy) is 1. The van der Waals surface area contributed by atoms with Gasteiger partial charge < -0.3 is 10.1 Å². The molecule has 2 heteroatoms. The maximum atomic E-state index is 5.74. The Labute approximate surface area is 93.8 Å². The first-order valence-corrected chi connectivity index (χ1v) is 6.71. The van der Waals surface area contributed by atoms with Crippen molar-refractivity contribution in [2.75, 3.05) is 13.2 Å². The maximum Gasteiger partial charge on any atom is 0.0699 e. The first kappa shape index (κ1) is 11.4. The fourth-order valence-corrected chi connectivity index (χ4v) is 2.87. The summed E-state index contributed by atoms with van der Waals surface area (Å²) in [7, 11) is 0. The van der Waals surface area contributed by atoms with E-state index in [-0.39, 0.29) is 0 Å². The number of hydrogen-bond donors (Lipinski definition) is 1. The summed E-state index contributed by atoms with van der Waals surface area (Å²) < 4.78 is 5.74. The third-order valence-electron chi connectivity index (χ3n) is 3.99. The lowest BCUT2D eigenvalue weighted by molar-refractivity contribution is 0.0134. The predicted octanol–water partition coefficient (Wildman–Crippen LogP) is 2.72. The van der Waals surface area contributed by atoms with E-state index < -0.39 is 0 Å². The molecular formula is C13H25NO. The van der Waals surface area contributed by atoms with E-state index in [2.05, 4.69) is 12.2 Å². The zero-order valence-corrected chi connectivity index (χ0v) is 10.0. The lowest BCUT2D eigenvalue weighted by atomic mass is 9.86. The van der Waals surface area contributed by atoms with Crippen molar-refractivity contribution in [3.8, 4) is 0 Å². The van der Waals surface area contributed by atoms with Crippen LogP contribution in [0.4, 0.5) is 0 Å². The van der Waals surface area contributed by atoms with Gasteiger partial charge in [-0.05, 0) is 38.0 Å². The normalized spacial score (nSPS) is 37.8. The monoisotopic (exact) mass is 211 g/mol. The molecule has 15 heavy (non-hydrogen) atoms. The van der Waals surface area contributed by atoms with Crippen LogP contribution in [0, 0.1) is 5.92 Å². The minimum Gasteiger partial charge on any atom is -0.377 e. The quantitative estimate of drug-likeness (QED) is 0.775. The second kappa shape index (κ2) is 5.86. The zero-order chi connectivity index (χ0) is 10.5. The van der Waals surface area contributed by atoms with E-state index in [0.29, 0.717) is 6.10 Å². The van der Waals surface area contributed by atoms with Gasteiger partial charge in [-0.3, -0.25) is 0 Å². The Balaban J connectivity index is 1.67. The fraction of sp³-hybridized carbons (Fsp3) is 1.00. The molecule has 1 aliphatic carbocycles. The fourth-order valence-electron chi connectivity index (χ4n) is 2.87. The molecule has 0 spiro atoms. The molecule has 0 aromatic heterocycles. The van der Waals surface area contributed by atoms with Crippen LogP contribution >= 0.6 is 0 Å². The second-order valence-corrected chi connectivity index (χ2v) is 5.27. The number of rotatable bonds is 3. The van der Waals surface area contributed by atoms with Gasteiger partial charge in [0, 0.05) is 19.2 Å². The smallest absolute Gasteiger partial charge is 0.0699 e. The van der Waals surface area contributed by atoms with E-state index in [1.54, 1.807) is 0 Å². The molecule has 0 bridgehead atoms. The van der Waals surface area contributed by atoms with Gasteiger partial charge in [-0.25, -0.2) is 0 Å². The van der Waals surface area contributed by atoms with Crippen molar-refractivity contribution in [2.24, 2.45) is 5.92 Å². The van der Waals surface area contributed by atoms with Gasteiger partial charge in [0.25, 0.3) is 0 Å². The summed E-state index contributed by atoms with van der Waals surface area (Å²) in [6.45, 7) is 4.44. The molecule has 1 saturated heterocycles. The Bertz CT molecular complexity index is 177. The molecule has 0 aromatic rings. The van der Waals surface area contributed by atoms with Crippen LogP contribution in [-0.4, -0.2) is 25.3 Å². The number of hydrogen-bond acceptors (Lipinski definition) is 2. The van der Waals surface area contributed by atoms with Gasteiger partial charge in [-0.2, -0.15) is 0 Å². The molecule has 2 nitrogen and oxygen atoms in total. The third kappa shape index (κ3) is 3.46. The van der Waals surface area contributed by atoms with Crippen LogP contribution in [-0.2, 0) is 4.74 Å². The minimum atomic E-state index is 0.493. The van der Waals surface area contributed by atoms with E-state index >= 15 is 0 Å². The van der Waals surface area contributed by atoms with Crippen molar-refractivity contribution < 1.29 is 4.74 Å². The van der Waals surface area contributed by atoms with Crippen LogP contribution < -0.4 is 5.32 Å². The highest BCUT2D eigenvalue weighted by molar-refractivity contribution is 4.79. The molecule has 1 aliphatic heterocycles. The Kier molecular flexibility index (Phi) is 4.45. The van der Waals surface area contributed by atoms with Gasteiger partial charge in [-0.15, -0.1) is 0 Å². The van der Waals surface area contributed by atoms with Crippen LogP contribution in [0.3, 0.4) is 0 Å². The molecule has 2 aliphatic rings. The molecule has 3 unspecified atom stereocenters. The lowest BCUT2D eigenvalue weighted by Gasteiger charge is -2.32. The van der Waals surface area contributed by atoms with Crippen LogP contribution in [0.15, 0.2) is 0 Å². The molecule has 1 saturated carbocycles. The molecule has 0 radical (unpaired) electrons. The van der Waals surface area contributed by atoms with Crippen molar-refractivity contribution in [1.82, 2.24) is 5.32 Å². The van der Waals surface area contributed by atoms with Gasteiger partial charge >= 0.3 is 0 Å². The summed E-state index contributed by atoms with van der Waals surface area (Å²) in [5.41, 5.74) is 0. The second-order valence-electron chi connectivity index (χ2n) is 5.27. The van der Waals surface area contributed by atoms with E-state index in [9.17, 15) is 0 Å². The van der Waals surface area contributed by atoms with Gasteiger partial charge in [0.2, 0.25) is 0 Å². The summed E-state index contributed by atoms with van der Waals surface area (Å²) in [5.74, 6) is 0.863. The average Bonchev–Trinajstić information content (AvgIpc) is 2.29. The SMILES string of the molecule is CC1CCCCC1NCC1CCCCO1. The van der Waals surface area contributed by atoms with Gasteiger partial charge in [0.15, 0.2) is 0 Å². The first-order valence-electron chi connectivity index (χ1n) is 6.71. The largest absolute Gasteiger partial charge is 0.377 e. The Morgan fingerprint density at radius 3 is 2.60 bits per heavy atom. The van der Waals surface area contributed by atoms with Crippen LogP contribution in [0.1, 0.15) is 51.9 Å². The molecule has 1 heterocycles. The van der Waals surface area contributed by atoms with Gasteiger partial charge in [0.1, 0.15) is 0 Å². The van der Waals surface area contributed by atoms with E-state index in [1.807, 2.05) is 0 Å². The van der Waals surface area contributed by atoms with Crippen molar-refractivity contribution >= 4 is 0 Å². The summed E-state index contributed by atoms with van der Waals surface area (Å²) in [4.78, 5) is 0. The van der Waals surface area contributed by atoms with Crippen molar-refractivity contribution in [1.29, 1.82) is 0 Å². The van der Waals surface area contributed by atoms with Crippen molar-refractivity contribution in [3.63, 3.8) is 0 Å². The standard InChI is InChI=1S/C13H25NO/c1-11-6-2-3-8-13(11)14-10-12-7-4-5-9-15-12/h11-14H,2-10H2,1H3. The molecule has 0 aromatic carbocycles. The Morgan fingerprint density at radius 1 is 1.07 bits per heavy atom. The summed E-state index contributed by atoms with van der Waals surface area (Å²) >= 11 is 0. The highest BCUT2D eigenvalue weighted by atomic mass is 16.5. The van der Waals surface area contributed by atoms with E-state index in [1.165, 1.54) is 44.9 Å². The lowest BCUT2D eigenvalue weighted by Crippen LogP contribution is -2.42.